The van der Waals surface area contributed by atoms with E-state index in [0.29, 0.717) is 31.5 Å². The Morgan fingerprint density at radius 3 is 3.06 bits per heavy atom. The molecular formula is C12H19N3O3. The predicted molar refractivity (Wildman–Crippen MR) is 63.7 cm³/mol. The van der Waals surface area contributed by atoms with Gasteiger partial charge in [0.25, 0.3) is 0 Å². The number of aromatic nitrogens is 2. The van der Waals surface area contributed by atoms with Crippen molar-refractivity contribution >= 4 is 5.97 Å². The number of carbonyl (C=O) groups excluding carboxylic acids is 1. The van der Waals surface area contributed by atoms with Gasteiger partial charge >= 0.3 is 5.97 Å². The number of rotatable bonds is 4. The van der Waals surface area contributed by atoms with E-state index in [1.165, 1.54) is 0 Å². The molecule has 1 fully saturated rings. The van der Waals surface area contributed by atoms with Crippen molar-refractivity contribution in [3.63, 3.8) is 0 Å². The Hall–Kier alpha value is -1.43. The molecule has 1 unspecified atom stereocenters. The minimum Gasteiger partial charge on any atom is -0.466 e. The van der Waals surface area contributed by atoms with Crippen LogP contribution in [0.15, 0.2) is 4.42 Å². The molecule has 0 N–H and O–H groups in total. The zero-order valence-corrected chi connectivity index (χ0v) is 10.9. The maximum Gasteiger partial charge on any atom is 0.310 e. The van der Waals surface area contributed by atoms with Crippen molar-refractivity contribution in [3.05, 3.63) is 11.8 Å². The minimum atomic E-state index is -0.0936. The zero-order valence-electron chi connectivity index (χ0n) is 10.9. The van der Waals surface area contributed by atoms with E-state index in [-0.39, 0.29) is 11.9 Å². The van der Waals surface area contributed by atoms with Gasteiger partial charge in [0.05, 0.1) is 19.1 Å². The molecule has 2 heterocycles. The van der Waals surface area contributed by atoms with Crippen molar-refractivity contribution in [3.8, 4) is 0 Å². The van der Waals surface area contributed by atoms with Crippen molar-refractivity contribution in [2.75, 3.05) is 19.7 Å². The molecule has 100 valence electrons. The van der Waals surface area contributed by atoms with Gasteiger partial charge in [-0.05, 0) is 26.3 Å². The summed E-state index contributed by atoms with van der Waals surface area (Å²) in [6.45, 7) is 6.32. The molecule has 0 aliphatic carbocycles. The van der Waals surface area contributed by atoms with E-state index in [2.05, 4.69) is 15.1 Å². The quantitative estimate of drug-likeness (QED) is 0.750. The number of hydrogen-bond acceptors (Lipinski definition) is 6. The molecule has 0 radical (unpaired) electrons. The first-order valence-electron chi connectivity index (χ1n) is 6.37. The third-order valence-electron chi connectivity index (χ3n) is 3.05. The molecule has 1 saturated heterocycles. The molecular weight excluding hydrogens is 234 g/mol. The Labute approximate surface area is 106 Å². The second-order valence-corrected chi connectivity index (χ2v) is 4.54. The molecule has 2 rings (SSSR count). The summed E-state index contributed by atoms with van der Waals surface area (Å²) in [6.07, 6.45) is 1.90. The fraction of sp³-hybridized carbons (Fsp3) is 0.750. The van der Waals surface area contributed by atoms with Crippen molar-refractivity contribution in [2.24, 2.45) is 5.92 Å². The topological polar surface area (TPSA) is 68.5 Å². The van der Waals surface area contributed by atoms with Crippen LogP contribution in [0, 0.1) is 12.8 Å². The van der Waals surface area contributed by atoms with E-state index in [4.69, 9.17) is 9.15 Å². The smallest absolute Gasteiger partial charge is 0.310 e. The highest BCUT2D eigenvalue weighted by Gasteiger charge is 2.27. The van der Waals surface area contributed by atoms with E-state index in [1.807, 2.05) is 6.92 Å². The third kappa shape index (κ3) is 3.29. The van der Waals surface area contributed by atoms with E-state index in [0.717, 1.165) is 19.4 Å². The molecule has 6 heteroatoms. The summed E-state index contributed by atoms with van der Waals surface area (Å²) in [5.74, 6) is 1.06. The van der Waals surface area contributed by atoms with Crippen LogP contribution in [0.25, 0.3) is 0 Å². The molecule has 0 aromatic carbocycles. The van der Waals surface area contributed by atoms with Gasteiger partial charge in [0, 0.05) is 13.5 Å². The molecule has 0 amide bonds. The van der Waals surface area contributed by atoms with Gasteiger partial charge in [-0.2, -0.15) is 0 Å². The van der Waals surface area contributed by atoms with Crippen LogP contribution >= 0.6 is 0 Å². The summed E-state index contributed by atoms with van der Waals surface area (Å²) < 4.78 is 10.4. The Morgan fingerprint density at radius 1 is 1.56 bits per heavy atom. The van der Waals surface area contributed by atoms with Gasteiger partial charge in [0.15, 0.2) is 0 Å². The number of ether oxygens (including phenoxy) is 1. The Kier molecular flexibility index (Phi) is 4.30. The van der Waals surface area contributed by atoms with E-state index in [9.17, 15) is 4.79 Å². The second-order valence-electron chi connectivity index (χ2n) is 4.54. The van der Waals surface area contributed by atoms with Crippen LogP contribution in [0.3, 0.4) is 0 Å². The maximum absolute atomic E-state index is 11.7. The summed E-state index contributed by atoms with van der Waals surface area (Å²) in [7, 11) is 0. The van der Waals surface area contributed by atoms with E-state index < -0.39 is 0 Å². The maximum atomic E-state index is 11.7. The highest BCUT2D eigenvalue weighted by molar-refractivity contribution is 5.72. The van der Waals surface area contributed by atoms with Crippen molar-refractivity contribution in [1.82, 2.24) is 15.1 Å². The number of hydrogen-bond donors (Lipinski definition) is 0. The SMILES string of the molecule is CCOC(=O)C1CCCN(Cc2nnc(C)o2)C1. The molecule has 1 aromatic heterocycles. The third-order valence-corrected chi connectivity index (χ3v) is 3.05. The first-order valence-corrected chi connectivity index (χ1v) is 6.37. The van der Waals surface area contributed by atoms with Crippen LogP contribution < -0.4 is 0 Å². The van der Waals surface area contributed by atoms with Crippen LogP contribution in [0.4, 0.5) is 0 Å². The summed E-state index contributed by atoms with van der Waals surface area (Å²) in [6, 6.07) is 0. The number of carbonyl (C=O) groups is 1. The molecule has 1 atom stereocenters. The number of nitrogens with zero attached hydrogens (tertiary/aromatic N) is 3. The highest BCUT2D eigenvalue weighted by Crippen LogP contribution is 2.19. The number of esters is 1. The summed E-state index contributed by atoms with van der Waals surface area (Å²) in [5.41, 5.74) is 0. The fourth-order valence-corrected chi connectivity index (χ4v) is 2.24. The van der Waals surface area contributed by atoms with Crippen LogP contribution in [-0.4, -0.2) is 40.8 Å². The Balaban J connectivity index is 1.88. The van der Waals surface area contributed by atoms with Gasteiger partial charge in [-0.15, -0.1) is 10.2 Å². The molecule has 1 aliphatic heterocycles. The van der Waals surface area contributed by atoms with Crippen LogP contribution in [0.2, 0.25) is 0 Å². The summed E-state index contributed by atoms with van der Waals surface area (Å²) in [5, 5.41) is 7.77. The molecule has 0 spiro atoms. The first kappa shape index (κ1) is 13.0. The average Bonchev–Trinajstić information content (AvgIpc) is 2.75. The standard InChI is InChI=1S/C12H19N3O3/c1-3-17-12(16)10-5-4-6-15(7-10)8-11-14-13-9(2)18-11/h10H,3-8H2,1-2H3. The zero-order chi connectivity index (χ0) is 13.0. The monoisotopic (exact) mass is 253 g/mol. The van der Waals surface area contributed by atoms with Gasteiger partial charge in [-0.3, -0.25) is 9.69 Å². The van der Waals surface area contributed by atoms with Gasteiger partial charge in [-0.25, -0.2) is 0 Å². The minimum absolute atomic E-state index is 0.0253. The number of aryl methyl sites for hydroxylation is 1. The van der Waals surface area contributed by atoms with Gasteiger partial charge in [-0.1, -0.05) is 0 Å². The van der Waals surface area contributed by atoms with E-state index >= 15 is 0 Å². The molecule has 1 aromatic rings. The van der Waals surface area contributed by atoms with Crippen molar-refractivity contribution < 1.29 is 13.9 Å². The molecule has 18 heavy (non-hydrogen) atoms. The molecule has 1 aliphatic rings. The van der Waals surface area contributed by atoms with E-state index in [1.54, 1.807) is 6.92 Å². The lowest BCUT2D eigenvalue weighted by molar-refractivity contribution is -0.150. The lowest BCUT2D eigenvalue weighted by Crippen LogP contribution is -2.39. The van der Waals surface area contributed by atoms with Gasteiger partial charge in [0.2, 0.25) is 11.8 Å². The fourth-order valence-electron chi connectivity index (χ4n) is 2.24. The predicted octanol–water partition coefficient (Wildman–Crippen LogP) is 1.15. The molecule has 6 nitrogen and oxygen atoms in total. The molecule has 0 saturated carbocycles. The van der Waals surface area contributed by atoms with Crippen LogP contribution in [0.5, 0.6) is 0 Å². The number of likely N-dealkylation sites (tertiary alicyclic amines) is 1. The van der Waals surface area contributed by atoms with Crippen LogP contribution in [0.1, 0.15) is 31.5 Å². The lowest BCUT2D eigenvalue weighted by atomic mass is 9.98. The first-order chi connectivity index (χ1) is 8.69. The van der Waals surface area contributed by atoms with Crippen molar-refractivity contribution in [1.29, 1.82) is 0 Å². The normalized spacial score (nSPS) is 20.9. The average molecular weight is 253 g/mol. The van der Waals surface area contributed by atoms with Gasteiger partial charge < -0.3 is 9.15 Å². The largest absolute Gasteiger partial charge is 0.466 e. The van der Waals surface area contributed by atoms with Gasteiger partial charge in [0.1, 0.15) is 0 Å². The molecule has 0 bridgehead atoms. The van der Waals surface area contributed by atoms with Crippen LogP contribution in [-0.2, 0) is 16.1 Å². The lowest BCUT2D eigenvalue weighted by Gasteiger charge is -2.30. The van der Waals surface area contributed by atoms with Crippen molar-refractivity contribution in [2.45, 2.75) is 33.2 Å². The Bertz CT molecular complexity index is 405. The second kappa shape index (κ2) is 5.95. The summed E-state index contributed by atoms with van der Waals surface area (Å²) in [4.78, 5) is 13.9. The number of piperidine rings is 1. The summed E-state index contributed by atoms with van der Waals surface area (Å²) >= 11 is 0. The Morgan fingerprint density at radius 2 is 2.39 bits per heavy atom. The highest BCUT2D eigenvalue weighted by atomic mass is 16.5.